The summed E-state index contributed by atoms with van der Waals surface area (Å²) in [5.74, 6) is 0.396. The summed E-state index contributed by atoms with van der Waals surface area (Å²) in [6.07, 6.45) is 0.937. The molecule has 170 valence electrons. The summed E-state index contributed by atoms with van der Waals surface area (Å²) < 4.78 is 11.2. The predicted octanol–water partition coefficient (Wildman–Crippen LogP) is 4.24. The van der Waals surface area contributed by atoms with E-state index in [1.165, 1.54) is 30.2 Å². The van der Waals surface area contributed by atoms with Crippen molar-refractivity contribution in [3.8, 4) is 5.75 Å². The number of rotatable bonds is 8. The minimum atomic E-state index is -0.302. The molecule has 9 nitrogen and oxygen atoms in total. The van der Waals surface area contributed by atoms with Crippen LogP contribution in [0.4, 0.5) is 5.95 Å². The van der Waals surface area contributed by atoms with Crippen molar-refractivity contribution in [1.29, 1.82) is 0 Å². The van der Waals surface area contributed by atoms with Crippen LogP contribution in [-0.2, 0) is 16.0 Å². The number of hydrogen-bond acceptors (Lipinski definition) is 9. The number of hydrogen-bond donors (Lipinski definition) is 2. The number of ether oxygens (including phenoxy) is 2. The smallest absolute Gasteiger partial charge is 0.305 e. The monoisotopic (exact) mass is 483 g/mol. The number of H-pyrrole nitrogens is 1. The zero-order valence-corrected chi connectivity index (χ0v) is 19.8. The number of amides is 1. The fourth-order valence-electron chi connectivity index (χ4n) is 3.24. The lowest BCUT2D eigenvalue weighted by atomic mass is 10.1. The molecule has 0 fully saturated rings. The van der Waals surface area contributed by atoms with Crippen LogP contribution >= 0.6 is 23.1 Å². The Balaban J connectivity index is 1.67. The third kappa shape index (κ3) is 5.15. The minimum Gasteiger partial charge on any atom is -0.496 e. The summed E-state index contributed by atoms with van der Waals surface area (Å²) in [5.41, 5.74) is 2.03. The number of anilines is 1. The van der Waals surface area contributed by atoms with Gasteiger partial charge in [-0.15, -0.1) is 11.3 Å². The highest BCUT2D eigenvalue weighted by molar-refractivity contribution is 7.99. The van der Waals surface area contributed by atoms with E-state index in [1.54, 1.807) is 7.11 Å². The van der Waals surface area contributed by atoms with Crippen molar-refractivity contribution >= 4 is 51.0 Å². The van der Waals surface area contributed by atoms with Crippen molar-refractivity contribution in [2.75, 3.05) is 19.5 Å². The molecule has 2 heterocycles. The first-order chi connectivity index (χ1) is 16.0. The molecule has 2 aromatic carbocycles. The number of tetrazole rings is 1. The van der Waals surface area contributed by atoms with Crippen LogP contribution in [0.3, 0.4) is 0 Å². The fraction of sp³-hybridized carbons (Fsp3) is 0.227. The first-order valence-corrected chi connectivity index (χ1v) is 11.6. The normalized spacial score (nSPS) is 10.9. The zero-order valence-electron chi connectivity index (χ0n) is 18.2. The number of methoxy groups -OCH3 is 2. The second-order valence-corrected chi connectivity index (χ2v) is 9.24. The lowest BCUT2D eigenvalue weighted by Crippen LogP contribution is -2.12. The van der Waals surface area contributed by atoms with Gasteiger partial charge < -0.3 is 9.47 Å². The van der Waals surface area contributed by atoms with E-state index >= 15 is 0 Å². The van der Waals surface area contributed by atoms with Crippen molar-refractivity contribution < 1.29 is 19.1 Å². The predicted molar refractivity (Wildman–Crippen MR) is 126 cm³/mol. The van der Waals surface area contributed by atoms with Crippen molar-refractivity contribution in [1.82, 2.24) is 20.6 Å². The first-order valence-electron chi connectivity index (χ1n) is 9.98. The number of nitrogens with zero attached hydrogens (tertiary/aromatic N) is 3. The van der Waals surface area contributed by atoms with Crippen LogP contribution in [0.15, 0.2) is 46.2 Å². The molecule has 0 saturated carbocycles. The van der Waals surface area contributed by atoms with Gasteiger partial charge in [-0.3, -0.25) is 14.9 Å². The minimum absolute atomic E-state index is 0.178. The van der Waals surface area contributed by atoms with E-state index in [-0.39, 0.29) is 17.8 Å². The topological polar surface area (TPSA) is 119 Å². The second-order valence-electron chi connectivity index (χ2n) is 7.10. The number of nitrogens with one attached hydrogen (secondary N) is 2. The van der Waals surface area contributed by atoms with E-state index in [2.05, 4.69) is 25.9 Å². The van der Waals surface area contributed by atoms with Gasteiger partial charge in [0.15, 0.2) is 0 Å². The molecule has 0 aliphatic rings. The van der Waals surface area contributed by atoms with Gasteiger partial charge >= 0.3 is 5.97 Å². The number of aryl methyl sites for hydroxylation is 2. The van der Waals surface area contributed by atoms with Crippen molar-refractivity contribution in [3.05, 3.63) is 52.4 Å². The molecule has 0 unspecified atom stereocenters. The standard InChI is InChI=1S/C22H21N5O4S2/c1-12-10-17-15(11-16(12)30-2)19(20(33-17)21(29)23-22-24-26-27-25-22)32-14-7-4-13(5-8-14)6-9-18(28)31-3/h4-5,7-8,10-11H,6,9H2,1-3H3,(H2,23,24,25,26,27,29). The van der Waals surface area contributed by atoms with Gasteiger partial charge in [0.25, 0.3) is 5.91 Å². The molecule has 0 bridgehead atoms. The molecule has 0 atom stereocenters. The van der Waals surface area contributed by atoms with Crippen LogP contribution in [-0.4, -0.2) is 46.7 Å². The van der Waals surface area contributed by atoms with Gasteiger partial charge in [-0.05, 0) is 59.2 Å². The molecule has 4 aromatic rings. The maximum Gasteiger partial charge on any atom is 0.305 e. The molecule has 33 heavy (non-hydrogen) atoms. The van der Waals surface area contributed by atoms with E-state index in [1.807, 2.05) is 43.3 Å². The third-order valence-corrected chi connectivity index (χ3v) is 7.35. The molecule has 0 aliphatic carbocycles. The molecule has 2 N–H and O–H groups in total. The number of benzene rings is 2. The molecule has 0 radical (unpaired) electrons. The fourth-order valence-corrected chi connectivity index (χ4v) is 5.60. The summed E-state index contributed by atoms with van der Waals surface area (Å²) in [7, 11) is 3.02. The number of thiophene rings is 1. The molecule has 11 heteroatoms. The van der Waals surface area contributed by atoms with Crippen LogP contribution in [0.1, 0.15) is 27.2 Å². The average molecular weight is 484 g/mol. The van der Waals surface area contributed by atoms with Crippen LogP contribution in [0.2, 0.25) is 0 Å². The highest BCUT2D eigenvalue weighted by Gasteiger charge is 2.22. The highest BCUT2D eigenvalue weighted by atomic mass is 32.2. The summed E-state index contributed by atoms with van der Waals surface area (Å²) in [4.78, 5) is 26.8. The lowest BCUT2D eigenvalue weighted by molar-refractivity contribution is -0.140. The number of fused-ring (bicyclic) bond motifs is 1. The summed E-state index contributed by atoms with van der Waals surface area (Å²) in [5, 5.41) is 16.9. The van der Waals surface area contributed by atoms with Crippen LogP contribution in [0, 0.1) is 6.92 Å². The first kappa shape index (κ1) is 22.7. The Bertz CT molecular complexity index is 1290. The number of aromatic nitrogens is 4. The van der Waals surface area contributed by atoms with Gasteiger partial charge in [0.05, 0.1) is 14.2 Å². The van der Waals surface area contributed by atoms with E-state index in [0.717, 1.165) is 36.8 Å². The summed E-state index contributed by atoms with van der Waals surface area (Å²) in [6.45, 7) is 1.97. The van der Waals surface area contributed by atoms with Gasteiger partial charge in [-0.2, -0.15) is 0 Å². The van der Waals surface area contributed by atoms with E-state index in [0.29, 0.717) is 17.7 Å². The largest absolute Gasteiger partial charge is 0.496 e. The van der Waals surface area contributed by atoms with Gasteiger partial charge in [-0.1, -0.05) is 29.0 Å². The molecule has 4 rings (SSSR count). The molecule has 0 aliphatic heterocycles. The van der Waals surface area contributed by atoms with Crippen molar-refractivity contribution in [3.63, 3.8) is 0 Å². The van der Waals surface area contributed by atoms with Crippen molar-refractivity contribution in [2.24, 2.45) is 0 Å². The molecule has 2 aromatic heterocycles. The Kier molecular flexibility index (Phi) is 6.90. The Morgan fingerprint density at radius 3 is 2.64 bits per heavy atom. The SMILES string of the molecule is COC(=O)CCc1ccc(Sc2c(C(=O)Nc3nnn[nH]3)sc3cc(C)c(OC)cc23)cc1. The summed E-state index contributed by atoms with van der Waals surface area (Å²) >= 11 is 2.90. The third-order valence-electron chi connectivity index (χ3n) is 4.93. The van der Waals surface area contributed by atoms with E-state index < -0.39 is 0 Å². The summed E-state index contributed by atoms with van der Waals surface area (Å²) in [6, 6.07) is 11.9. The molecule has 1 amide bonds. The number of esters is 1. The second kappa shape index (κ2) is 10.0. The molecule has 0 spiro atoms. The maximum atomic E-state index is 13.1. The van der Waals surface area contributed by atoms with Crippen molar-refractivity contribution in [2.45, 2.75) is 29.6 Å². The lowest BCUT2D eigenvalue weighted by Gasteiger charge is -2.08. The number of carbonyl (C=O) groups excluding carboxylic acids is 2. The Morgan fingerprint density at radius 2 is 1.97 bits per heavy atom. The van der Waals surface area contributed by atoms with Gasteiger partial charge in [0, 0.05) is 26.3 Å². The maximum absolute atomic E-state index is 13.1. The highest BCUT2D eigenvalue weighted by Crippen LogP contribution is 2.44. The Morgan fingerprint density at radius 1 is 1.18 bits per heavy atom. The zero-order chi connectivity index (χ0) is 23.4. The van der Waals surface area contributed by atoms with Crippen LogP contribution in [0.5, 0.6) is 5.75 Å². The molecule has 0 saturated heterocycles. The molecular formula is C22H21N5O4S2. The van der Waals surface area contributed by atoms with E-state index in [4.69, 9.17) is 9.47 Å². The average Bonchev–Trinajstić information content (AvgIpc) is 3.45. The van der Waals surface area contributed by atoms with Gasteiger partial charge in [0.1, 0.15) is 10.6 Å². The Hall–Kier alpha value is -3.44. The van der Waals surface area contributed by atoms with Crippen LogP contribution < -0.4 is 10.1 Å². The van der Waals surface area contributed by atoms with Gasteiger partial charge in [0.2, 0.25) is 5.95 Å². The quantitative estimate of drug-likeness (QED) is 0.357. The number of aromatic amines is 1. The van der Waals surface area contributed by atoms with Gasteiger partial charge in [-0.25, -0.2) is 5.10 Å². The van der Waals surface area contributed by atoms with Crippen LogP contribution in [0.25, 0.3) is 10.1 Å². The number of carbonyl (C=O) groups is 2. The Labute approximate surface area is 197 Å². The molecular weight excluding hydrogens is 462 g/mol. The van der Waals surface area contributed by atoms with E-state index in [9.17, 15) is 9.59 Å².